The van der Waals surface area contributed by atoms with Crippen LogP contribution in [0, 0.1) is 19.8 Å². The third-order valence-electron chi connectivity index (χ3n) is 10.7. The van der Waals surface area contributed by atoms with Crippen LogP contribution in [0.1, 0.15) is 135 Å². The van der Waals surface area contributed by atoms with E-state index in [0.717, 1.165) is 37.1 Å². The van der Waals surface area contributed by atoms with Crippen molar-refractivity contribution in [2.24, 2.45) is 5.92 Å². The molecule has 0 heterocycles. The zero-order chi connectivity index (χ0) is 31.3. The predicted molar refractivity (Wildman–Crippen MR) is 191 cm³/mol. The molecule has 0 saturated heterocycles. The third kappa shape index (κ3) is 6.60. The van der Waals surface area contributed by atoms with E-state index in [-0.39, 0.29) is 5.41 Å². The van der Waals surface area contributed by atoms with Gasteiger partial charge >= 0.3 is 0 Å². The van der Waals surface area contributed by atoms with Crippen LogP contribution in [0.4, 0.5) is 11.4 Å². The first-order valence-electron chi connectivity index (χ1n) is 17.2. The molecule has 0 spiro atoms. The second-order valence-corrected chi connectivity index (χ2v) is 13.7. The van der Waals surface area contributed by atoms with E-state index in [1.807, 2.05) is 0 Å². The van der Waals surface area contributed by atoms with E-state index >= 15 is 0 Å². The van der Waals surface area contributed by atoms with Crippen molar-refractivity contribution in [2.75, 3.05) is 11.5 Å². The fourth-order valence-electron chi connectivity index (χ4n) is 8.20. The molecule has 1 fully saturated rings. The van der Waals surface area contributed by atoms with Gasteiger partial charge in [0.05, 0.1) is 0 Å². The smallest absolute Gasteiger partial charge is 0.0316 e. The van der Waals surface area contributed by atoms with Crippen LogP contribution in [0.15, 0.2) is 84.9 Å². The molecule has 1 aliphatic carbocycles. The van der Waals surface area contributed by atoms with Gasteiger partial charge < -0.3 is 11.5 Å². The molecule has 2 atom stereocenters. The second kappa shape index (κ2) is 14.1. The Balaban J connectivity index is 1.51. The molecular weight excluding hydrogens is 532 g/mol. The van der Waals surface area contributed by atoms with E-state index in [4.69, 9.17) is 11.5 Å². The molecule has 1 saturated carbocycles. The quantitative estimate of drug-likeness (QED) is 0.172. The van der Waals surface area contributed by atoms with Crippen LogP contribution in [-0.4, -0.2) is 0 Å². The summed E-state index contributed by atoms with van der Waals surface area (Å²) in [5, 5.41) is 0. The Morgan fingerprint density at radius 2 is 1.02 bits per heavy atom. The van der Waals surface area contributed by atoms with Crippen molar-refractivity contribution in [1.29, 1.82) is 0 Å². The van der Waals surface area contributed by atoms with E-state index in [1.165, 1.54) is 76.6 Å². The van der Waals surface area contributed by atoms with E-state index in [0.29, 0.717) is 17.8 Å². The van der Waals surface area contributed by atoms with Gasteiger partial charge in [0.25, 0.3) is 0 Å². The Morgan fingerprint density at radius 3 is 1.39 bits per heavy atom. The van der Waals surface area contributed by atoms with E-state index in [9.17, 15) is 0 Å². The Morgan fingerprint density at radius 1 is 0.614 bits per heavy atom. The number of nitrogens with two attached hydrogens (primary N) is 2. The minimum Gasteiger partial charge on any atom is -0.399 e. The van der Waals surface area contributed by atoms with Crippen LogP contribution in [0.2, 0.25) is 0 Å². The van der Waals surface area contributed by atoms with Crippen molar-refractivity contribution in [3.63, 3.8) is 0 Å². The van der Waals surface area contributed by atoms with Crippen molar-refractivity contribution in [3.8, 4) is 0 Å². The molecule has 1 aliphatic rings. The van der Waals surface area contributed by atoms with Gasteiger partial charge in [-0.25, -0.2) is 0 Å². The number of benzene rings is 4. The van der Waals surface area contributed by atoms with Crippen LogP contribution in [0.5, 0.6) is 0 Å². The summed E-state index contributed by atoms with van der Waals surface area (Å²) in [6.07, 6.45) is 11.2. The minimum atomic E-state index is -0.0216. The minimum absolute atomic E-state index is 0.0216. The summed E-state index contributed by atoms with van der Waals surface area (Å²) in [6, 6.07) is 32.3. The molecule has 2 heteroatoms. The number of hydrogen-bond acceptors (Lipinski definition) is 2. The van der Waals surface area contributed by atoms with Gasteiger partial charge in [-0.15, -0.1) is 0 Å². The maximum absolute atomic E-state index is 6.11. The Bertz CT molecular complexity index is 1400. The molecule has 0 aromatic heterocycles. The maximum Gasteiger partial charge on any atom is 0.0316 e. The van der Waals surface area contributed by atoms with Crippen LogP contribution in [-0.2, 0) is 5.41 Å². The summed E-state index contributed by atoms with van der Waals surface area (Å²) >= 11 is 0. The monoisotopic (exact) mass is 586 g/mol. The lowest BCUT2D eigenvalue weighted by Crippen LogP contribution is -2.35. The van der Waals surface area contributed by atoms with E-state index in [1.54, 1.807) is 0 Å². The summed E-state index contributed by atoms with van der Waals surface area (Å²) in [5.74, 6) is 1.42. The van der Waals surface area contributed by atoms with Crippen molar-refractivity contribution in [1.82, 2.24) is 0 Å². The Labute approximate surface area is 267 Å². The summed E-state index contributed by atoms with van der Waals surface area (Å²) in [6.45, 7) is 11.5. The number of nitrogen functional groups attached to an aromatic ring is 2. The fourth-order valence-corrected chi connectivity index (χ4v) is 8.20. The number of aryl methyl sites for hydroxylation is 2. The van der Waals surface area contributed by atoms with Crippen molar-refractivity contribution in [2.45, 2.75) is 110 Å². The first-order chi connectivity index (χ1) is 21.3. The lowest BCUT2D eigenvalue weighted by Gasteiger charge is -2.41. The first kappa shape index (κ1) is 31.9. The molecule has 44 heavy (non-hydrogen) atoms. The molecule has 4 aromatic carbocycles. The van der Waals surface area contributed by atoms with Crippen LogP contribution in [0.3, 0.4) is 0 Å². The second-order valence-electron chi connectivity index (χ2n) is 13.7. The molecule has 0 bridgehead atoms. The predicted octanol–water partition coefficient (Wildman–Crippen LogP) is 11.2. The van der Waals surface area contributed by atoms with Gasteiger partial charge in [0.15, 0.2) is 0 Å². The zero-order valence-electron chi connectivity index (χ0n) is 27.8. The van der Waals surface area contributed by atoms with Gasteiger partial charge in [-0.2, -0.15) is 0 Å². The van der Waals surface area contributed by atoms with Crippen LogP contribution in [0.25, 0.3) is 0 Å². The zero-order valence-corrected chi connectivity index (χ0v) is 27.8. The molecule has 4 N–H and O–H groups in total. The Kier molecular flexibility index (Phi) is 10.2. The maximum atomic E-state index is 6.11. The summed E-state index contributed by atoms with van der Waals surface area (Å²) in [4.78, 5) is 0. The largest absolute Gasteiger partial charge is 0.399 e. The Hall–Kier alpha value is -3.52. The van der Waals surface area contributed by atoms with Gasteiger partial charge in [-0.1, -0.05) is 114 Å². The number of rotatable bonds is 11. The normalized spacial score (nSPS) is 16.8. The average molecular weight is 587 g/mol. The van der Waals surface area contributed by atoms with Gasteiger partial charge in [0.2, 0.25) is 0 Å². The lowest BCUT2D eigenvalue weighted by atomic mass is 9.62. The first-order valence-corrected chi connectivity index (χ1v) is 17.2. The van der Waals surface area contributed by atoms with Crippen molar-refractivity contribution >= 4 is 11.4 Å². The van der Waals surface area contributed by atoms with Crippen molar-refractivity contribution < 1.29 is 0 Å². The SMILES string of the molecule is CCCC(c1ccc(C(C)(c2ccc(C(CCC)c3ccc(N)cc3C)cc2)C2CCCCC2)cc1)c1ccc(N)cc1C. The molecule has 232 valence electrons. The molecule has 5 rings (SSSR count). The van der Waals surface area contributed by atoms with Gasteiger partial charge in [0, 0.05) is 28.6 Å². The number of anilines is 2. The molecule has 0 aliphatic heterocycles. The fraction of sp³-hybridized carbons (Fsp3) is 0.429. The third-order valence-corrected chi connectivity index (χ3v) is 10.7. The average Bonchev–Trinajstić information content (AvgIpc) is 3.03. The van der Waals surface area contributed by atoms with Gasteiger partial charge in [0.1, 0.15) is 0 Å². The van der Waals surface area contributed by atoms with E-state index in [2.05, 4.69) is 120 Å². The highest BCUT2D eigenvalue weighted by Gasteiger charge is 2.38. The summed E-state index contributed by atoms with van der Waals surface area (Å²) in [7, 11) is 0. The highest BCUT2D eigenvalue weighted by molar-refractivity contribution is 5.50. The summed E-state index contributed by atoms with van der Waals surface area (Å²) in [5.41, 5.74) is 25.0. The van der Waals surface area contributed by atoms with Crippen LogP contribution < -0.4 is 11.5 Å². The molecule has 2 unspecified atom stereocenters. The van der Waals surface area contributed by atoms with E-state index < -0.39 is 0 Å². The topological polar surface area (TPSA) is 52.0 Å². The highest BCUT2D eigenvalue weighted by atomic mass is 14.5. The highest BCUT2D eigenvalue weighted by Crippen LogP contribution is 2.47. The van der Waals surface area contributed by atoms with Gasteiger partial charge in [-0.05, 0) is 114 Å². The van der Waals surface area contributed by atoms with Crippen LogP contribution >= 0.6 is 0 Å². The standard InChI is InChI=1S/C42H54N2/c1-6-11-40(38-25-23-36(43)27-29(38)3)31-15-19-34(20-16-31)42(5,33-13-9-8-10-14-33)35-21-17-32(18-22-35)41(12-7-2)39-26-24-37(44)28-30(39)4/h15-28,33,40-41H,6-14,43-44H2,1-5H3. The molecule has 2 nitrogen and oxygen atoms in total. The molecule has 0 radical (unpaired) electrons. The lowest BCUT2D eigenvalue weighted by molar-refractivity contribution is 0.254. The molecular formula is C42H54N2. The van der Waals surface area contributed by atoms with Gasteiger partial charge in [-0.3, -0.25) is 0 Å². The molecule has 0 amide bonds. The summed E-state index contributed by atoms with van der Waals surface area (Å²) < 4.78 is 0. The number of hydrogen-bond donors (Lipinski definition) is 2. The van der Waals surface area contributed by atoms with Crippen molar-refractivity contribution in [3.05, 3.63) is 129 Å². The molecule has 4 aromatic rings.